The summed E-state index contributed by atoms with van der Waals surface area (Å²) in [5.74, 6) is -1.64. The van der Waals surface area contributed by atoms with Crippen LogP contribution in [0.2, 0.25) is 0 Å². The van der Waals surface area contributed by atoms with E-state index in [1.165, 1.54) is 23.9 Å². The fourth-order valence-corrected chi connectivity index (χ4v) is 7.03. The van der Waals surface area contributed by atoms with Crippen LogP contribution in [-0.4, -0.2) is 89.6 Å². The highest BCUT2D eigenvalue weighted by atomic mass is 32.2. The lowest BCUT2D eigenvalue weighted by molar-refractivity contribution is 0.00414. The highest BCUT2D eigenvalue weighted by Crippen LogP contribution is 2.43. The van der Waals surface area contributed by atoms with Gasteiger partial charge in [-0.05, 0) is 73.4 Å². The summed E-state index contributed by atoms with van der Waals surface area (Å²) in [6.07, 6.45) is 2.44. The van der Waals surface area contributed by atoms with Crippen LogP contribution in [0, 0.1) is 17.5 Å². The summed E-state index contributed by atoms with van der Waals surface area (Å²) in [6, 6.07) is 13.9. The molecule has 14 heteroatoms. The van der Waals surface area contributed by atoms with Crippen LogP contribution in [0.15, 0.2) is 59.8 Å². The van der Waals surface area contributed by atoms with Crippen molar-refractivity contribution >= 4 is 17.7 Å². The standard InChI is InChI=1S/C38H44F3N3O7S/c1-46-15-16-50-19-20-51-18-17-49-14-13-42-37(45)26-21-31(40)30(32(41)22-26)24-52-38-43-33-6-4-5-29(25-7-12-34(47-2)35(23-25)48-3)36(33)44(38)28-10-8-27(39)9-11-28/h7-12,21-23,29H,4-6,13-20,24H2,1-3H3,(H,42,45). The SMILES string of the molecule is COCCOCCOCCOCCNC(=O)c1cc(F)c(CSc2nc3c(n2-c2ccc(F)cc2)C(c2ccc(OC)c(OC)c2)CCC3)c(F)c1. The molecular formula is C38H44F3N3O7S. The van der Waals surface area contributed by atoms with E-state index in [1.54, 1.807) is 33.5 Å². The molecule has 1 N–H and O–H groups in total. The molecule has 0 radical (unpaired) electrons. The van der Waals surface area contributed by atoms with E-state index < -0.39 is 17.5 Å². The minimum atomic E-state index is -0.842. The van der Waals surface area contributed by atoms with Crippen molar-refractivity contribution in [2.45, 2.75) is 36.1 Å². The second-order valence-corrected chi connectivity index (χ2v) is 12.8. The summed E-state index contributed by atoms with van der Waals surface area (Å²) in [6.45, 7) is 2.95. The first-order chi connectivity index (χ1) is 25.3. The summed E-state index contributed by atoms with van der Waals surface area (Å²) in [5.41, 5.74) is 3.16. The highest BCUT2D eigenvalue weighted by Gasteiger charge is 2.31. The summed E-state index contributed by atoms with van der Waals surface area (Å²) >= 11 is 1.17. The largest absolute Gasteiger partial charge is 0.493 e. The summed E-state index contributed by atoms with van der Waals surface area (Å²) in [4.78, 5) is 17.6. The van der Waals surface area contributed by atoms with Crippen molar-refractivity contribution < 1.29 is 46.4 Å². The van der Waals surface area contributed by atoms with Gasteiger partial charge in [-0.25, -0.2) is 18.2 Å². The Balaban J connectivity index is 1.24. The van der Waals surface area contributed by atoms with E-state index in [2.05, 4.69) is 5.32 Å². The van der Waals surface area contributed by atoms with Crippen LogP contribution in [-0.2, 0) is 31.1 Å². The maximum atomic E-state index is 15.4. The van der Waals surface area contributed by atoms with E-state index >= 15 is 8.78 Å². The van der Waals surface area contributed by atoms with Crippen molar-refractivity contribution in [2.75, 3.05) is 74.1 Å². The van der Waals surface area contributed by atoms with Gasteiger partial charge in [-0.1, -0.05) is 17.8 Å². The molecule has 0 saturated carbocycles. The molecule has 5 rings (SSSR count). The number of carbonyl (C=O) groups is 1. The Morgan fingerprint density at radius 3 is 2.15 bits per heavy atom. The molecule has 52 heavy (non-hydrogen) atoms. The number of halogens is 3. The van der Waals surface area contributed by atoms with Gasteiger partial charge in [0.15, 0.2) is 16.7 Å². The third-order valence-electron chi connectivity index (χ3n) is 8.55. The van der Waals surface area contributed by atoms with Crippen molar-refractivity contribution in [1.82, 2.24) is 14.9 Å². The number of fused-ring (bicyclic) bond motifs is 1. The normalized spacial score (nSPS) is 13.9. The van der Waals surface area contributed by atoms with Crippen molar-refractivity contribution in [3.8, 4) is 17.2 Å². The zero-order valence-corrected chi connectivity index (χ0v) is 30.4. The first-order valence-corrected chi connectivity index (χ1v) is 18.0. The lowest BCUT2D eigenvalue weighted by Gasteiger charge is -2.26. The fraction of sp³-hybridized carbons (Fsp3) is 0.421. The van der Waals surface area contributed by atoms with Crippen molar-refractivity contribution in [2.24, 2.45) is 0 Å². The number of hydrogen-bond donors (Lipinski definition) is 1. The van der Waals surface area contributed by atoms with Crippen LogP contribution in [0.5, 0.6) is 11.5 Å². The second-order valence-electron chi connectivity index (χ2n) is 11.9. The number of ether oxygens (including phenoxy) is 6. The van der Waals surface area contributed by atoms with Gasteiger partial charge in [-0.3, -0.25) is 9.36 Å². The number of nitrogens with zero attached hydrogens (tertiary/aromatic N) is 2. The van der Waals surface area contributed by atoms with E-state index in [0.29, 0.717) is 62.0 Å². The van der Waals surface area contributed by atoms with Gasteiger partial charge in [-0.15, -0.1) is 0 Å². The number of carbonyl (C=O) groups excluding carboxylic acids is 1. The Bertz CT molecular complexity index is 1750. The number of aromatic nitrogens is 2. The second kappa shape index (κ2) is 19.7. The Morgan fingerprint density at radius 1 is 0.846 bits per heavy atom. The minimum Gasteiger partial charge on any atom is -0.493 e. The molecule has 0 fully saturated rings. The van der Waals surface area contributed by atoms with Gasteiger partial charge in [0.25, 0.3) is 5.91 Å². The zero-order chi connectivity index (χ0) is 36.9. The minimum absolute atomic E-state index is 0.0723. The molecule has 0 saturated heterocycles. The molecule has 1 amide bonds. The van der Waals surface area contributed by atoms with Crippen molar-refractivity contribution in [3.05, 3.63) is 100 Å². The van der Waals surface area contributed by atoms with Gasteiger partial charge in [0, 0.05) is 42.1 Å². The molecule has 1 aliphatic carbocycles. The molecule has 280 valence electrons. The summed E-state index contributed by atoms with van der Waals surface area (Å²) in [7, 11) is 4.77. The molecule has 1 atom stereocenters. The van der Waals surface area contributed by atoms with Crippen molar-refractivity contribution in [3.63, 3.8) is 0 Å². The third kappa shape index (κ3) is 10.1. The van der Waals surface area contributed by atoms with E-state index in [0.717, 1.165) is 48.3 Å². The zero-order valence-electron chi connectivity index (χ0n) is 29.6. The molecule has 1 unspecified atom stereocenters. The maximum Gasteiger partial charge on any atom is 0.251 e. The number of thioether (sulfide) groups is 1. The van der Waals surface area contributed by atoms with Gasteiger partial charge in [0.2, 0.25) is 0 Å². The molecule has 3 aromatic carbocycles. The molecular weight excluding hydrogens is 699 g/mol. The number of imidazole rings is 1. The first kappa shape index (κ1) is 39.1. The number of rotatable bonds is 20. The Hall–Kier alpha value is -4.08. The number of methoxy groups -OCH3 is 3. The summed E-state index contributed by atoms with van der Waals surface area (Å²) < 4.78 is 78.8. The maximum absolute atomic E-state index is 15.4. The average Bonchev–Trinajstić information content (AvgIpc) is 3.53. The van der Waals surface area contributed by atoms with E-state index in [9.17, 15) is 9.18 Å². The monoisotopic (exact) mass is 743 g/mol. The Labute approximate surface area is 305 Å². The lowest BCUT2D eigenvalue weighted by Crippen LogP contribution is -2.28. The predicted octanol–water partition coefficient (Wildman–Crippen LogP) is 6.49. The Morgan fingerprint density at radius 2 is 1.50 bits per heavy atom. The average molecular weight is 744 g/mol. The summed E-state index contributed by atoms with van der Waals surface area (Å²) in [5, 5.41) is 3.14. The molecule has 1 heterocycles. The smallest absolute Gasteiger partial charge is 0.251 e. The number of benzene rings is 3. The number of amides is 1. The quantitative estimate of drug-likeness (QED) is 0.0804. The van der Waals surface area contributed by atoms with Crippen LogP contribution in [0.1, 0.15) is 51.6 Å². The molecule has 4 aromatic rings. The van der Waals surface area contributed by atoms with E-state index in [-0.39, 0.29) is 41.8 Å². The van der Waals surface area contributed by atoms with Gasteiger partial charge in [0.05, 0.1) is 71.9 Å². The number of aryl methyl sites for hydroxylation is 1. The van der Waals surface area contributed by atoms with E-state index in [1.807, 2.05) is 22.8 Å². The van der Waals surface area contributed by atoms with Crippen LogP contribution in [0.25, 0.3) is 5.69 Å². The predicted molar refractivity (Wildman–Crippen MR) is 190 cm³/mol. The van der Waals surface area contributed by atoms with Crippen LogP contribution in [0.4, 0.5) is 13.2 Å². The lowest BCUT2D eigenvalue weighted by atomic mass is 9.84. The molecule has 10 nitrogen and oxygen atoms in total. The first-order valence-electron chi connectivity index (χ1n) is 17.0. The molecule has 0 bridgehead atoms. The molecule has 1 aromatic heterocycles. The Kier molecular flexibility index (Phi) is 14.8. The van der Waals surface area contributed by atoms with Crippen LogP contribution >= 0.6 is 11.8 Å². The number of hydrogen-bond acceptors (Lipinski definition) is 9. The molecule has 0 aliphatic heterocycles. The van der Waals surface area contributed by atoms with Gasteiger partial charge >= 0.3 is 0 Å². The topological polar surface area (TPSA) is 102 Å². The van der Waals surface area contributed by atoms with Gasteiger partial charge < -0.3 is 33.7 Å². The van der Waals surface area contributed by atoms with Gasteiger partial charge in [0.1, 0.15) is 17.5 Å². The molecule has 0 spiro atoms. The fourth-order valence-electron chi connectivity index (χ4n) is 5.97. The van der Waals surface area contributed by atoms with Crippen LogP contribution < -0.4 is 14.8 Å². The van der Waals surface area contributed by atoms with E-state index in [4.69, 9.17) is 33.4 Å². The highest BCUT2D eigenvalue weighted by molar-refractivity contribution is 7.98. The van der Waals surface area contributed by atoms with Crippen LogP contribution in [0.3, 0.4) is 0 Å². The third-order valence-corrected chi connectivity index (χ3v) is 9.51. The number of nitrogens with one attached hydrogen (secondary N) is 1. The molecule has 1 aliphatic rings. The van der Waals surface area contributed by atoms with Crippen molar-refractivity contribution in [1.29, 1.82) is 0 Å². The van der Waals surface area contributed by atoms with Gasteiger partial charge in [-0.2, -0.15) is 0 Å².